The van der Waals surface area contributed by atoms with Crippen molar-refractivity contribution in [2.75, 3.05) is 6.54 Å². The van der Waals surface area contributed by atoms with Crippen LogP contribution in [0.25, 0.3) is 0 Å². The van der Waals surface area contributed by atoms with Gasteiger partial charge in [-0.05, 0) is 36.9 Å². The number of oxime groups is 1. The summed E-state index contributed by atoms with van der Waals surface area (Å²) in [5.74, 6) is 1.01. The highest BCUT2D eigenvalue weighted by molar-refractivity contribution is 5.96. The highest BCUT2D eigenvalue weighted by Crippen LogP contribution is 2.28. The van der Waals surface area contributed by atoms with E-state index >= 15 is 0 Å². The number of hydrogen-bond acceptors (Lipinski definition) is 4. The van der Waals surface area contributed by atoms with Gasteiger partial charge in [0, 0.05) is 12.7 Å². The maximum absolute atomic E-state index is 8.75. The quantitative estimate of drug-likeness (QED) is 0.234. The van der Waals surface area contributed by atoms with E-state index in [1.807, 2.05) is 12.1 Å². The Hall–Kier alpha value is -1.62. The molecule has 20 heavy (non-hydrogen) atoms. The van der Waals surface area contributed by atoms with Gasteiger partial charge >= 0.3 is 0 Å². The van der Waals surface area contributed by atoms with Gasteiger partial charge in [0.2, 0.25) is 0 Å². The van der Waals surface area contributed by atoms with Crippen LogP contribution in [0.2, 0.25) is 0 Å². The highest BCUT2D eigenvalue weighted by Gasteiger charge is 2.14. The fraction of sp³-hybridized carbons (Fsp3) is 0.600. The van der Waals surface area contributed by atoms with E-state index < -0.39 is 0 Å². The number of rotatable bonds is 7. The number of hydrogen-bond donors (Lipinski definition) is 3. The second-order valence-corrected chi connectivity index (χ2v) is 5.47. The first-order valence-corrected chi connectivity index (χ1v) is 7.43. The zero-order valence-electron chi connectivity index (χ0n) is 11.9. The molecule has 0 aromatic carbocycles. The summed E-state index contributed by atoms with van der Waals surface area (Å²) in [6.07, 6.45) is 9.84. The van der Waals surface area contributed by atoms with Crippen LogP contribution in [-0.2, 0) is 6.54 Å². The van der Waals surface area contributed by atoms with Crippen LogP contribution in [0.4, 0.5) is 0 Å². The van der Waals surface area contributed by atoms with Crippen LogP contribution in [0, 0.1) is 5.92 Å². The summed E-state index contributed by atoms with van der Waals surface area (Å²) in [4.78, 5) is 4.16. The van der Waals surface area contributed by atoms with E-state index in [1.165, 1.54) is 38.5 Å². The Morgan fingerprint density at radius 1 is 1.45 bits per heavy atom. The molecule has 0 atom stereocenters. The zero-order valence-corrected chi connectivity index (χ0v) is 11.9. The molecule has 2 rings (SSSR count). The lowest BCUT2D eigenvalue weighted by atomic mass is 10.0. The molecule has 1 aromatic heterocycles. The van der Waals surface area contributed by atoms with Gasteiger partial charge in [0.05, 0.1) is 0 Å². The number of aromatic nitrogens is 1. The number of nitrogens with two attached hydrogens (primary N) is 1. The van der Waals surface area contributed by atoms with Crippen molar-refractivity contribution in [3.8, 4) is 0 Å². The smallest absolute Gasteiger partial charge is 0.189 e. The predicted octanol–water partition coefficient (Wildman–Crippen LogP) is 2.24. The third-order valence-corrected chi connectivity index (χ3v) is 4.00. The Bertz CT molecular complexity index is 441. The van der Waals surface area contributed by atoms with Crippen molar-refractivity contribution < 1.29 is 5.21 Å². The highest BCUT2D eigenvalue weighted by atomic mass is 16.4. The third kappa shape index (κ3) is 4.20. The second kappa shape index (κ2) is 7.85. The summed E-state index contributed by atoms with van der Waals surface area (Å²) < 4.78 is 0. The first-order chi connectivity index (χ1) is 9.81. The predicted molar refractivity (Wildman–Crippen MR) is 79.6 cm³/mol. The number of nitrogens with zero attached hydrogens (tertiary/aromatic N) is 2. The third-order valence-electron chi connectivity index (χ3n) is 4.00. The lowest BCUT2D eigenvalue weighted by Gasteiger charge is -2.10. The molecule has 0 bridgehead atoms. The minimum Gasteiger partial charge on any atom is -0.409 e. The molecule has 4 N–H and O–H groups in total. The van der Waals surface area contributed by atoms with Crippen molar-refractivity contribution >= 4 is 5.84 Å². The molecular weight excluding hydrogens is 252 g/mol. The largest absolute Gasteiger partial charge is 0.409 e. The Morgan fingerprint density at radius 3 is 3.00 bits per heavy atom. The summed E-state index contributed by atoms with van der Waals surface area (Å²) in [7, 11) is 0. The maximum atomic E-state index is 8.75. The van der Waals surface area contributed by atoms with Crippen molar-refractivity contribution in [1.29, 1.82) is 0 Å². The van der Waals surface area contributed by atoms with Gasteiger partial charge in [0.1, 0.15) is 5.69 Å². The average molecular weight is 276 g/mol. The average Bonchev–Trinajstić information content (AvgIpc) is 3.00. The molecule has 110 valence electrons. The molecule has 1 aliphatic carbocycles. The van der Waals surface area contributed by atoms with E-state index in [0.717, 1.165) is 18.0 Å². The van der Waals surface area contributed by atoms with Gasteiger partial charge < -0.3 is 16.3 Å². The molecule has 1 aliphatic rings. The molecular formula is C15H24N4O. The fourth-order valence-electron chi connectivity index (χ4n) is 2.90. The lowest BCUT2D eigenvalue weighted by molar-refractivity contribution is 0.318. The number of amidine groups is 1. The van der Waals surface area contributed by atoms with Crippen LogP contribution >= 0.6 is 0 Å². The molecule has 5 nitrogen and oxygen atoms in total. The van der Waals surface area contributed by atoms with E-state index in [2.05, 4.69) is 15.5 Å². The molecule has 0 radical (unpaired) electrons. The summed E-state index contributed by atoms with van der Waals surface area (Å²) in [5.41, 5.74) is 7.13. The molecule has 0 unspecified atom stereocenters. The molecule has 5 heteroatoms. The molecule has 1 aromatic rings. The summed E-state index contributed by atoms with van der Waals surface area (Å²) >= 11 is 0. The first-order valence-electron chi connectivity index (χ1n) is 7.43. The van der Waals surface area contributed by atoms with Crippen LogP contribution in [-0.4, -0.2) is 22.6 Å². The minimum absolute atomic E-state index is 0.0633. The van der Waals surface area contributed by atoms with E-state index in [0.29, 0.717) is 12.2 Å². The molecule has 0 spiro atoms. The molecule has 0 amide bonds. The van der Waals surface area contributed by atoms with Crippen LogP contribution in [0.3, 0.4) is 0 Å². The van der Waals surface area contributed by atoms with Crippen molar-refractivity contribution in [1.82, 2.24) is 10.3 Å². The number of nitrogens with one attached hydrogen (secondary N) is 1. The van der Waals surface area contributed by atoms with Gasteiger partial charge in [0.15, 0.2) is 5.84 Å². The van der Waals surface area contributed by atoms with E-state index in [-0.39, 0.29) is 5.84 Å². The Labute approximate surface area is 120 Å². The van der Waals surface area contributed by atoms with Gasteiger partial charge in [0.25, 0.3) is 0 Å². The monoisotopic (exact) mass is 276 g/mol. The minimum atomic E-state index is 0.0633. The van der Waals surface area contributed by atoms with Gasteiger partial charge in [-0.2, -0.15) is 0 Å². The SMILES string of the molecule is N/C(=N/O)c1ncccc1CNCCCC1CCCC1. The molecule has 0 aliphatic heterocycles. The molecule has 1 fully saturated rings. The standard InChI is InChI=1S/C15H24N4O/c16-15(19-20)14-13(8-4-10-18-14)11-17-9-3-7-12-5-1-2-6-12/h4,8,10,12,17,20H,1-3,5-7,9,11H2,(H2,16,19). The van der Waals surface area contributed by atoms with Crippen molar-refractivity contribution in [2.24, 2.45) is 16.8 Å². The van der Waals surface area contributed by atoms with Gasteiger partial charge in [-0.25, -0.2) is 0 Å². The lowest BCUT2D eigenvalue weighted by Crippen LogP contribution is -2.22. The fourth-order valence-corrected chi connectivity index (χ4v) is 2.90. The van der Waals surface area contributed by atoms with Crippen molar-refractivity contribution in [3.63, 3.8) is 0 Å². The Kier molecular flexibility index (Phi) is 5.80. The second-order valence-electron chi connectivity index (χ2n) is 5.47. The van der Waals surface area contributed by atoms with E-state index in [4.69, 9.17) is 10.9 Å². The van der Waals surface area contributed by atoms with Crippen LogP contribution in [0.1, 0.15) is 49.8 Å². The maximum Gasteiger partial charge on any atom is 0.189 e. The normalized spacial score (nSPS) is 16.7. The summed E-state index contributed by atoms with van der Waals surface area (Å²) in [6.45, 7) is 1.70. The van der Waals surface area contributed by atoms with Crippen LogP contribution < -0.4 is 11.1 Å². The zero-order chi connectivity index (χ0) is 14.2. The molecule has 1 heterocycles. The van der Waals surface area contributed by atoms with Crippen LogP contribution in [0.15, 0.2) is 23.5 Å². The summed E-state index contributed by atoms with van der Waals surface area (Å²) in [5, 5.41) is 15.2. The molecule has 0 saturated heterocycles. The first kappa shape index (κ1) is 14.8. The Morgan fingerprint density at radius 2 is 2.25 bits per heavy atom. The van der Waals surface area contributed by atoms with Gasteiger partial charge in [-0.15, -0.1) is 0 Å². The van der Waals surface area contributed by atoms with Gasteiger partial charge in [-0.3, -0.25) is 4.98 Å². The number of pyridine rings is 1. The van der Waals surface area contributed by atoms with E-state index in [9.17, 15) is 0 Å². The van der Waals surface area contributed by atoms with Crippen LogP contribution in [0.5, 0.6) is 0 Å². The van der Waals surface area contributed by atoms with Crippen molar-refractivity contribution in [3.05, 3.63) is 29.6 Å². The molecule has 1 saturated carbocycles. The van der Waals surface area contributed by atoms with Crippen molar-refractivity contribution in [2.45, 2.75) is 45.1 Å². The van der Waals surface area contributed by atoms with E-state index in [1.54, 1.807) is 6.20 Å². The van der Waals surface area contributed by atoms with Gasteiger partial charge in [-0.1, -0.05) is 36.9 Å². The topological polar surface area (TPSA) is 83.5 Å². The Balaban J connectivity index is 1.73. The summed E-state index contributed by atoms with van der Waals surface area (Å²) in [6, 6.07) is 3.81.